The van der Waals surface area contributed by atoms with Gasteiger partial charge < -0.3 is 30.0 Å². The van der Waals surface area contributed by atoms with Crippen LogP contribution in [0.4, 0.5) is 5.69 Å². The molecule has 1 atom stereocenters. The second-order valence-electron chi connectivity index (χ2n) is 6.52. The topological polar surface area (TPSA) is 116 Å². The third kappa shape index (κ3) is 5.27. The molecule has 31 heavy (non-hydrogen) atoms. The van der Waals surface area contributed by atoms with Crippen molar-refractivity contribution in [2.45, 2.75) is 19.4 Å². The van der Waals surface area contributed by atoms with Gasteiger partial charge in [-0.3, -0.25) is 4.79 Å². The van der Waals surface area contributed by atoms with Gasteiger partial charge in [0.05, 0.1) is 46.2 Å². The number of benzene rings is 2. The fourth-order valence-corrected chi connectivity index (χ4v) is 3.02. The number of nitriles is 1. The predicted octanol–water partition coefficient (Wildman–Crippen LogP) is 3.35. The van der Waals surface area contributed by atoms with Crippen LogP contribution in [-0.2, 0) is 4.79 Å². The number of anilines is 1. The van der Waals surface area contributed by atoms with Crippen LogP contribution in [0.3, 0.4) is 0 Å². The molecule has 2 aromatic carbocycles. The highest BCUT2D eigenvalue weighted by Crippen LogP contribution is 2.41. The van der Waals surface area contributed by atoms with Crippen LogP contribution < -0.4 is 30.0 Å². The molecule has 0 heterocycles. The summed E-state index contributed by atoms with van der Waals surface area (Å²) in [6.07, 6.45) is 1.91. The first-order chi connectivity index (χ1) is 14.9. The van der Waals surface area contributed by atoms with Crippen molar-refractivity contribution in [1.82, 2.24) is 0 Å². The number of carbonyl (C=O) groups is 1. The van der Waals surface area contributed by atoms with E-state index in [1.807, 2.05) is 6.92 Å². The average molecular weight is 425 g/mol. The van der Waals surface area contributed by atoms with E-state index >= 15 is 0 Å². The van der Waals surface area contributed by atoms with E-state index in [0.29, 0.717) is 51.8 Å². The molecule has 3 N–H and O–H groups in total. The third-order valence-electron chi connectivity index (χ3n) is 4.73. The summed E-state index contributed by atoms with van der Waals surface area (Å²) < 4.78 is 21.6. The summed E-state index contributed by atoms with van der Waals surface area (Å²) in [5.41, 5.74) is 8.23. The molecule has 0 aliphatic heterocycles. The van der Waals surface area contributed by atoms with Crippen LogP contribution in [0.1, 0.15) is 24.5 Å². The Balaban J connectivity index is 2.61. The zero-order chi connectivity index (χ0) is 23.0. The molecule has 1 unspecified atom stereocenters. The van der Waals surface area contributed by atoms with E-state index in [9.17, 15) is 10.1 Å². The van der Waals surface area contributed by atoms with Crippen molar-refractivity contribution < 1.29 is 23.7 Å². The molecule has 0 aliphatic rings. The smallest absolute Gasteiger partial charge is 0.241 e. The molecule has 0 spiro atoms. The lowest BCUT2D eigenvalue weighted by atomic mass is 9.96. The van der Waals surface area contributed by atoms with Crippen LogP contribution in [0.5, 0.6) is 23.0 Å². The zero-order valence-corrected chi connectivity index (χ0v) is 18.3. The van der Waals surface area contributed by atoms with Crippen molar-refractivity contribution in [3.05, 3.63) is 47.5 Å². The Hall–Kier alpha value is -3.70. The van der Waals surface area contributed by atoms with Crippen molar-refractivity contribution in [1.29, 1.82) is 5.26 Å². The lowest BCUT2D eigenvalue weighted by molar-refractivity contribution is -0.117. The van der Waals surface area contributed by atoms with Crippen molar-refractivity contribution in [3.63, 3.8) is 0 Å². The minimum absolute atomic E-state index is 0.323. The van der Waals surface area contributed by atoms with Gasteiger partial charge in [-0.1, -0.05) is 13.0 Å². The second kappa shape index (κ2) is 10.9. The van der Waals surface area contributed by atoms with E-state index in [1.165, 1.54) is 34.5 Å². The first-order valence-electron chi connectivity index (χ1n) is 9.58. The fraction of sp³-hybridized carbons (Fsp3) is 0.304. The maximum absolute atomic E-state index is 12.3. The molecule has 0 aliphatic carbocycles. The summed E-state index contributed by atoms with van der Waals surface area (Å²) >= 11 is 0. The largest absolute Gasteiger partial charge is 0.495 e. The first-order valence-corrected chi connectivity index (χ1v) is 9.58. The van der Waals surface area contributed by atoms with E-state index in [4.69, 9.17) is 24.7 Å². The van der Waals surface area contributed by atoms with Crippen molar-refractivity contribution in [3.8, 4) is 29.1 Å². The molecular weight excluding hydrogens is 398 g/mol. The van der Waals surface area contributed by atoms with E-state index in [2.05, 4.69) is 11.4 Å². The third-order valence-corrected chi connectivity index (χ3v) is 4.73. The molecule has 8 heteroatoms. The van der Waals surface area contributed by atoms with E-state index in [0.717, 1.165) is 0 Å². The Bertz CT molecular complexity index is 986. The Kier molecular flexibility index (Phi) is 8.29. The molecule has 0 aromatic heterocycles. The van der Waals surface area contributed by atoms with Gasteiger partial charge in [0.1, 0.15) is 5.75 Å². The number of nitrogens with one attached hydrogen (secondary N) is 1. The SMILES string of the molecule is CCC(N)C(=O)Nc1cc(/C(=C\C#N)c2cc(OC)c(OC)c(OC)c2)ccc1OC. The molecule has 0 bridgehead atoms. The van der Waals surface area contributed by atoms with Crippen LogP contribution in [0.25, 0.3) is 5.57 Å². The van der Waals surface area contributed by atoms with Gasteiger partial charge in [-0.05, 0) is 47.4 Å². The van der Waals surface area contributed by atoms with Crippen LogP contribution in [0.15, 0.2) is 36.4 Å². The zero-order valence-electron chi connectivity index (χ0n) is 18.3. The van der Waals surface area contributed by atoms with Crippen molar-refractivity contribution in [2.75, 3.05) is 33.8 Å². The van der Waals surface area contributed by atoms with E-state index in [1.54, 1.807) is 30.3 Å². The van der Waals surface area contributed by atoms with Crippen LogP contribution in [0, 0.1) is 11.3 Å². The minimum Gasteiger partial charge on any atom is -0.495 e. The molecule has 0 saturated heterocycles. The Morgan fingerprint density at radius 3 is 2.13 bits per heavy atom. The first kappa shape index (κ1) is 23.6. The highest BCUT2D eigenvalue weighted by Gasteiger charge is 2.18. The summed E-state index contributed by atoms with van der Waals surface area (Å²) in [6.45, 7) is 1.83. The Morgan fingerprint density at radius 1 is 1.03 bits per heavy atom. The molecule has 2 aromatic rings. The van der Waals surface area contributed by atoms with Gasteiger partial charge in [0, 0.05) is 6.08 Å². The molecule has 2 rings (SSSR count). The number of nitrogens with zero attached hydrogens (tertiary/aromatic N) is 1. The van der Waals surface area contributed by atoms with E-state index in [-0.39, 0.29) is 5.91 Å². The van der Waals surface area contributed by atoms with Crippen LogP contribution in [-0.4, -0.2) is 40.4 Å². The van der Waals surface area contributed by atoms with Gasteiger partial charge in [-0.2, -0.15) is 5.26 Å². The monoisotopic (exact) mass is 425 g/mol. The fourth-order valence-electron chi connectivity index (χ4n) is 3.02. The molecule has 1 amide bonds. The molecule has 0 fully saturated rings. The van der Waals surface area contributed by atoms with Gasteiger partial charge in [0.15, 0.2) is 11.5 Å². The Morgan fingerprint density at radius 2 is 1.65 bits per heavy atom. The average Bonchev–Trinajstić information content (AvgIpc) is 2.80. The van der Waals surface area contributed by atoms with Gasteiger partial charge in [-0.15, -0.1) is 0 Å². The van der Waals surface area contributed by atoms with Gasteiger partial charge in [-0.25, -0.2) is 0 Å². The lowest BCUT2D eigenvalue weighted by Crippen LogP contribution is -2.34. The highest BCUT2D eigenvalue weighted by atomic mass is 16.5. The maximum atomic E-state index is 12.3. The number of allylic oxidation sites excluding steroid dienone is 1. The number of nitrogens with two attached hydrogens (primary N) is 1. The summed E-state index contributed by atoms with van der Waals surface area (Å²) in [5.74, 6) is 1.51. The van der Waals surface area contributed by atoms with Gasteiger partial charge >= 0.3 is 0 Å². The number of methoxy groups -OCH3 is 4. The minimum atomic E-state index is -0.641. The molecule has 164 valence electrons. The highest BCUT2D eigenvalue weighted by molar-refractivity contribution is 5.97. The van der Waals surface area contributed by atoms with Gasteiger partial charge in [0.2, 0.25) is 11.7 Å². The number of carbonyl (C=O) groups excluding carboxylic acids is 1. The summed E-state index contributed by atoms with van der Waals surface area (Å²) in [7, 11) is 6.07. The molecule has 0 saturated carbocycles. The number of ether oxygens (including phenoxy) is 4. The molecule has 8 nitrogen and oxygen atoms in total. The van der Waals surface area contributed by atoms with E-state index < -0.39 is 6.04 Å². The standard InChI is InChI=1S/C23H27N3O5/c1-6-17(25)23(27)26-18-11-14(7-8-19(18)28-2)16(9-10-24)15-12-20(29-3)22(31-5)21(13-15)30-4/h7-9,11-13,17H,6,25H2,1-5H3,(H,26,27)/b16-9+. The van der Waals surface area contributed by atoms with Crippen LogP contribution in [0.2, 0.25) is 0 Å². The normalized spacial score (nSPS) is 11.8. The summed E-state index contributed by atoms with van der Waals surface area (Å²) in [5, 5.41) is 12.2. The van der Waals surface area contributed by atoms with Crippen LogP contribution >= 0.6 is 0 Å². The number of hydrogen-bond acceptors (Lipinski definition) is 7. The quantitative estimate of drug-likeness (QED) is 0.592. The summed E-state index contributed by atoms with van der Waals surface area (Å²) in [4.78, 5) is 12.3. The van der Waals surface area contributed by atoms with Gasteiger partial charge in [0.25, 0.3) is 0 Å². The lowest BCUT2D eigenvalue weighted by Gasteiger charge is -2.17. The summed E-state index contributed by atoms with van der Waals surface area (Å²) in [6, 6.07) is 10.2. The predicted molar refractivity (Wildman–Crippen MR) is 119 cm³/mol. The number of amides is 1. The number of hydrogen-bond donors (Lipinski definition) is 2. The molecule has 0 radical (unpaired) electrons. The van der Waals surface area contributed by atoms with Crippen molar-refractivity contribution in [2.24, 2.45) is 5.73 Å². The Labute approximate surface area is 182 Å². The second-order valence-corrected chi connectivity index (χ2v) is 6.52. The maximum Gasteiger partial charge on any atom is 0.241 e. The molecular formula is C23H27N3O5. The van der Waals surface area contributed by atoms with Crippen molar-refractivity contribution >= 4 is 17.2 Å². The number of rotatable bonds is 9.